The molecule has 1 aromatic carbocycles. The minimum absolute atomic E-state index is 0.231. The van der Waals surface area contributed by atoms with Crippen molar-refractivity contribution in [2.75, 3.05) is 0 Å². The van der Waals surface area contributed by atoms with Crippen molar-refractivity contribution >= 4 is 5.69 Å². The molecule has 22 heavy (non-hydrogen) atoms. The van der Waals surface area contributed by atoms with E-state index in [1.165, 1.54) is 16.8 Å². The summed E-state index contributed by atoms with van der Waals surface area (Å²) in [5, 5.41) is 4.27. The lowest BCUT2D eigenvalue weighted by Crippen LogP contribution is -1.95. The first-order valence-corrected chi connectivity index (χ1v) is 6.41. The topological polar surface area (TPSA) is 35.1 Å². The standard InChI is InChI=1S/C17H9FN4/c1-19-16-10-14(18)11-17(12-16)22-9-6-15(21-22)3-2-13-4-7-20-8-5-13/h4-12H. The van der Waals surface area contributed by atoms with Gasteiger partial charge in [0, 0.05) is 24.2 Å². The van der Waals surface area contributed by atoms with E-state index in [0.29, 0.717) is 11.4 Å². The predicted molar refractivity (Wildman–Crippen MR) is 80.0 cm³/mol. The van der Waals surface area contributed by atoms with E-state index in [1.807, 2.05) is 0 Å². The van der Waals surface area contributed by atoms with Crippen LogP contribution in [0.1, 0.15) is 11.3 Å². The third-order valence-corrected chi connectivity index (χ3v) is 2.87. The molecule has 0 saturated carbocycles. The molecule has 0 aliphatic rings. The molecule has 4 nitrogen and oxygen atoms in total. The Morgan fingerprint density at radius 1 is 1.09 bits per heavy atom. The van der Waals surface area contributed by atoms with Gasteiger partial charge in [0.05, 0.1) is 12.3 Å². The van der Waals surface area contributed by atoms with E-state index in [4.69, 9.17) is 6.57 Å². The number of hydrogen-bond donors (Lipinski definition) is 0. The quantitative estimate of drug-likeness (QED) is 0.508. The lowest BCUT2D eigenvalue weighted by molar-refractivity contribution is 0.626. The van der Waals surface area contributed by atoms with Crippen molar-refractivity contribution in [1.29, 1.82) is 0 Å². The van der Waals surface area contributed by atoms with E-state index in [-0.39, 0.29) is 5.69 Å². The summed E-state index contributed by atoms with van der Waals surface area (Å²) in [6.45, 7) is 6.97. The van der Waals surface area contributed by atoms with Crippen LogP contribution >= 0.6 is 0 Å². The Kier molecular flexibility index (Phi) is 3.63. The molecule has 3 aromatic rings. The minimum Gasteiger partial charge on any atom is -0.265 e. The van der Waals surface area contributed by atoms with Gasteiger partial charge in [-0.25, -0.2) is 13.9 Å². The Morgan fingerprint density at radius 2 is 1.91 bits per heavy atom. The van der Waals surface area contributed by atoms with Crippen LogP contribution in [-0.2, 0) is 0 Å². The molecule has 0 saturated heterocycles. The zero-order valence-corrected chi connectivity index (χ0v) is 11.4. The Morgan fingerprint density at radius 3 is 2.68 bits per heavy atom. The number of halogens is 1. The molecule has 0 bridgehead atoms. The highest BCUT2D eigenvalue weighted by Crippen LogP contribution is 2.19. The van der Waals surface area contributed by atoms with Gasteiger partial charge < -0.3 is 0 Å². The van der Waals surface area contributed by atoms with E-state index in [0.717, 1.165) is 5.56 Å². The van der Waals surface area contributed by atoms with Crippen molar-refractivity contribution < 1.29 is 4.39 Å². The van der Waals surface area contributed by atoms with Gasteiger partial charge in [-0.3, -0.25) is 4.98 Å². The fourth-order valence-electron chi connectivity index (χ4n) is 1.86. The third kappa shape index (κ3) is 3.00. The van der Waals surface area contributed by atoms with Crippen LogP contribution in [-0.4, -0.2) is 14.8 Å². The molecule has 2 heterocycles. The lowest BCUT2D eigenvalue weighted by Gasteiger charge is -2.01. The third-order valence-electron chi connectivity index (χ3n) is 2.87. The maximum atomic E-state index is 13.5. The second-order valence-electron chi connectivity index (χ2n) is 4.41. The molecule has 0 unspecified atom stereocenters. The van der Waals surface area contributed by atoms with Gasteiger partial charge in [-0.15, -0.1) is 0 Å². The SMILES string of the molecule is [C-]#[N+]c1cc(F)cc(-n2ccc(C#Cc3ccncc3)n2)c1. The second-order valence-corrected chi connectivity index (χ2v) is 4.41. The largest absolute Gasteiger partial charge is 0.265 e. The van der Waals surface area contributed by atoms with E-state index in [9.17, 15) is 4.39 Å². The molecule has 0 amide bonds. The number of pyridine rings is 1. The number of aromatic nitrogens is 3. The van der Waals surface area contributed by atoms with E-state index < -0.39 is 5.82 Å². The monoisotopic (exact) mass is 288 g/mol. The predicted octanol–water partition coefficient (Wildman–Crippen LogP) is 3.36. The summed E-state index contributed by atoms with van der Waals surface area (Å²) in [4.78, 5) is 7.16. The van der Waals surface area contributed by atoms with Crippen molar-refractivity contribution in [3.8, 4) is 17.5 Å². The fraction of sp³-hybridized carbons (Fsp3) is 0. The average Bonchev–Trinajstić information content (AvgIpc) is 3.02. The highest BCUT2D eigenvalue weighted by Gasteiger charge is 2.04. The summed E-state index contributed by atoms with van der Waals surface area (Å²) >= 11 is 0. The minimum atomic E-state index is -0.469. The van der Waals surface area contributed by atoms with Gasteiger partial charge in [0.25, 0.3) is 0 Å². The average molecular weight is 288 g/mol. The lowest BCUT2D eigenvalue weighted by atomic mass is 10.2. The summed E-state index contributed by atoms with van der Waals surface area (Å²) in [6, 6.07) is 9.42. The molecule has 0 atom stereocenters. The first-order valence-electron chi connectivity index (χ1n) is 6.41. The van der Waals surface area contributed by atoms with Gasteiger partial charge in [0.15, 0.2) is 5.69 Å². The van der Waals surface area contributed by atoms with Crippen molar-refractivity contribution in [3.63, 3.8) is 0 Å². The molecule has 104 valence electrons. The van der Waals surface area contributed by atoms with Crippen molar-refractivity contribution in [1.82, 2.24) is 14.8 Å². The summed E-state index contributed by atoms with van der Waals surface area (Å²) in [5.41, 5.74) is 2.12. The van der Waals surface area contributed by atoms with Crippen LogP contribution in [0.5, 0.6) is 0 Å². The van der Waals surface area contributed by atoms with Crippen LogP contribution in [0, 0.1) is 24.2 Å². The summed E-state index contributed by atoms with van der Waals surface area (Å²) < 4.78 is 15.0. The van der Waals surface area contributed by atoms with Crippen LogP contribution < -0.4 is 0 Å². The maximum Gasteiger partial charge on any atom is 0.192 e. The fourth-order valence-corrected chi connectivity index (χ4v) is 1.86. The normalized spacial score (nSPS) is 9.64. The van der Waals surface area contributed by atoms with Crippen molar-refractivity contribution in [2.24, 2.45) is 0 Å². The molecule has 0 radical (unpaired) electrons. The molecular formula is C17H9FN4. The van der Waals surface area contributed by atoms with Crippen molar-refractivity contribution in [2.45, 2.75) is 0 Å². The van der Waals surface area contributed by atoms with E-state index in [1.54, 1.807) is 42.9 Å². The molecule has 3 rings (SSSR count). The second kappa shape index (κ2) is 5.90. The zero-order valence-electron chi connectivity index (χ0n) is 11.4. The molecule has 2 aromatic heterocycles. The first-order chi connectivity index (χ1) is 10.7. The highest BCUT2D eigenvalue weighted by molar-refractivity contribution is 5.52. The molecule has 0 N–H and O–H groups in total. The summed E-state index contributed by atoms with van der Waals surface area (Å²) in [6.07, 6.45) is 5.02. The summed E-state index contributed by atoms with van der Waals surface area (Å²) in [7, 11) is 0. The number of nitrogens with zero attached hydrogens (tertiary/aromatic N) is 4. The highest BCUT2D eigenvalue weighted by atomic mass is 19.1. The Balaban J connectivity index is 1.90. The Hall–Kier alpha value is -3.44. The van der Waals surface area contributed by atoms with Gasteiger partial charge >= 0.3 is 0 Å². The Labute approximate surface area is 126 Å². The van der Waals surface area contributed by atoms with Crippen LogP contribution in [0.2, 0.25) is 0 Å². The van der Waals surface area contributed by atoms with Crippen LogP contribution in [0.3, 0.4) is 0 Å². The number of rotatable bonds is 1. The smallest absolute Gasteiger partial charge is 0.192 e. The molecule has 0 spiro atoms. The maximum absolute atomic E-state index is 13.5. The van der Waals surface area contributed by atoms with Gasteiger partial charge in [0.2, 0.25) is 0 Å². The molecule has 0 fully saturated rings. The molecule has 5 heteroatoms. The number of benzene rings is 1. The molecular weight excluding hydrogens is 279 g/mol. The first kappa shape index (κ1) is 13.5. The van der Waals surface area contributed by atoms with E-state index >= 15 is 0 Å². The van der Waals surface area contributed by atoms with Crippen LogP contribution in [0.15, 0.2) is 55.0 Å². The zero-order chi connectivity index (χ0) is 15.4. The van der Waals surface area contributed by atoms with Crippen LogP contribution in [0.4, 0.5) is 10.1 Å². The molecule has 0 aliphatic carbocycles. The summed E-state index contributed by atoms with van der Waals surface area (Å²) in [5.74, 6) is 5.43. The van der Waals surface area contributed by atoms with Crippen molar-refractivity contribution in [3.05, 3.63) is 83.5 Å². The van der Waals surface area contributed by atoms with Crippen LogP contribution in [0.25, 0.3) is 10.5 Å². The van der Waals surface area contributed by atoms with Gasteiger partial charge in [-0.1, -0.05) is 5.92 Å². The van der Waals surface area contributed by atoms with Gasteiger partial charge in [0.1, 0.15) is 11.5 Å². The van der Waals surface area contributed by atoms with E-state index in [2.05, 4.69) is 26.8 Å². The Bertz CT molecular complexity index is 911. The number of hydrogen-bond acceptors (Lipinski definition) is 2. The molecule has 0 aliphatic heterocycles. The van der Waals surface area contributed by atoms with Gasteiger partial charge in [-0.2, -0.15) is 5.10 Å². The van der Waals surface area contributed by atoms with Gasteiger partial charge in [-0.05, 0) is 42.3 Å².